The highest BCUT2D eigenvalue weighted by Gasteiger charge is 2.45. The van der Waals surface area contributed by atoms with Gasteiger partial charge in [-0.1, -0.05) is 25.4 Å². The van der Waals surface area contributed by atoms with Crippen molar-refractivity contribution >= 4 is 41.8 Å². The van der Waals surface area contributed by atoms with Gasteiger partial charge >= 0.3 is 6.09 Å². The molecule has 0 bridgehead atoms. The molecule has 3 heterocycles. The Morgan fingerprint density at radius 2 is 1.88 bits per heavy atom. The van der Waals surface area contributed by atoms with E-state index in [2.05, 4.69) is 41.3 Å². The highest BCUT2D eigenvalue weighted by atomic mass is 35.5. The number of rotatable bonds is 7. The summed E-state index contributed by atoms with van der Waals surface area (Å²) in [6.07, 6.45) is 5.22. The third-order valence-electron chi connectivity index (χ3n) is 8.07. The maximum Gasteiger partial charge on any atom is 0.408 e. The fraction of sp³-hybridized carbons (Fsp3) is 0.633. The average Bonchev–Trinajstić information content (AvgIpc) is 3.58. The maximum atomic E-state index is 13.3. The molecule has 41 heavy (non-hydrogen) atoms. The number of carbonyl (C=O) groups is 3. The number of aliphatic imine (C=N–C) groups is 1. The van der Waals surface area contributed by atoms with Gasteiger partial charge in [-0.05, 0) is 83.9 Å². The molecule has 224 valence electrons. The average molecular weight is 587 g/mol. The molecule has 2 aliphatic heterocycles. The Bertz CT molecular complexity index is 1270. The number of fused-ring (bicyclic) bond motifs is 2. The minimum absolute atomic E-state index is 0.108. The smallest absolute Gasteiger partial charge is 0.408 e. The Morgan fingerprint density at radius 3 is 2.44 bits per heavy atom. The lowest BCUT2D eigenvalue weighted by Crippen LogP contribution is -2.47. The molecule has 4 atom stereocenters. The van der Waals surface area contributed by atoms with Crippen molar-refractivity contribution < 1.29 is 19.1 Å². The topological polar surface area (TPSA) is 118 Å². The lowest BCUT2D eigenvalue weighted by Gasteiger charge is -2.25. The molecule has 4 rings (SSSR count). The first-order valence-corrected chi connectivity index (χ1v) is 14.6. The van der Waals surface area contributed by atoms with Gasteiger partial charge < -0.3 is 20.3 Å². The molecule has 1 saturated heterocycles. The van der Waals surface area contributed by atoms with Crippen LogP contribution in [0.3, 0.4) is 0 Å². The fourth-order valence-electron chi connectivity index (χ4n) is 6.24. The van der Waals surface area contributed by atoms with Gasteiger partial charge in [0.25, 0.3) is 0 Å². The van der Waals surface area contributed by atoms with Gasteiger partial charge in [-0.25, -0.2) is 9.79 Å². The van der Waals surface area contributed by atoms with Crippen LogP contribution in [0.1, 0.15) is 72.6 Å². The van der Waals surface area contributed by atoms with Gasteiger partial charge in [0.2, 0.25) is 11.8 Å². The molecule has 11 heteroatoms. The van der Waals surface area contributed by atoms with E-state index >= 15 is 0 Å². The molecule has 0 spiro atoms. The van der Waals surface area contributed by atoms with Crippen molar-refractivity contribution in [1.29, 1.82) is 0 Å². The molecule has 0 aromatic carbocycles. The minimum Gasteiger partial charge on any atom is -0.444 e. The molecule has 3 amide bonds. The Kier molecular flexibility index (Phi) is 8.73. The first-order chi connectivity index (χ1) is 19.1. The zero-order valence-corrected chi connectivity index (χ0v) is 26.0. The maximum absolute atomic E-state index is 13.3. The Labute approximate surface area is 247 Å². The Balaban J connectivity index is 1.35. The largest absolute Gasteiger partial charge is 0.444 e. The number of nitrogens with one attached hydrogen (secondary N) is 2. The summed E-state index contributed by atoms with van der Waals surface area (Å²) in [7, 11) is 0. The van der Waals surface area contributed by atoms with Gasteiger partial charge in [0, 0.05) is 47.4 Å². The van der Waals surface area contributed by atoms with E-state index in [9.17, 15) is 14.4 Å². The Morgan fingerprint density at radius 1 is 1.24 bits per heavy atom. The highest BCUT2D eigenvalue weighted by Crippen LogP contribution is 2.42. The van der Waals surface area contributed by atoms with Gasteiger partial charge in [-0.3, -0.25) is 14.3 Å². The molecule has 2 N–H and O–H groups in total. The van der Waals surface area contributed by atoms with E-state index in [0.29, 0.717) is 36.8 Å². The van der Waals surface area contributed by atoms with Gasteiger partial charge in [0.1, 0.15) is 17.5 Å². The molecule has 1 saturated carbocycles. The molecule has 0 radical (unpaired) electrons. The van der Waals surface area contributed by atoms with Gasteiger partial charge in [-0.2, -0.15) is 5.10 Å². The van der Waals surface area contributed by atoms with Crippen molar-refractivity contribution in [3.8, 4) is 0 Å². The van der Waals surface area contributed by atoms with Crippen LogP contribution in [-0.2, 0) is 27.3 Å². The molecule has 1 aromatic heterocycles. The fourth-order valence-corrected chi connectivity index (χ4v) is 6.39. The number of likely N-dealkylation sites (tertiary alicyclic amines) is 1. The summed E-state index contributed by atoms with van der Waals surface area (Å²) in [5.74, 6) is 0.369. The third-order valence-corrected chi connectivity index (χ3v) is 8.28. The SMILES string of the molecule is C=N/C(=C\C(=C(/C)Cl)c1cnn2c1CC(C)(C)C2)NC(=O)C1C[C@@H]2CN(C(=O)[C@H](C)NC(=O)OC(C)(C)C)C[C@@H]2C1. The standard InChI is InChI=1S/C30H43ClN6O4/c1-17(31)22(23-13-33-37-16-30(6,7)12-24(23)37)11-25(32-8)35-26(38)19-9-20-14-36(15-21(20)10-19)27(39)18(2)34-28(40)41-29(3,4)5/h11,13,18-21H,8-10,12,14-16H2,1-7H3,(H,34,40)(H,35,38)/b22-17-,25-11+/t18-,19?,20-,21+/m0/s1. The van der Waals surface area contributed by atoms with E-state index in [-0.39, 0.29) is 35.0 Å². The first-order valence-electron chi connectivity index (χ1n) is 14.3. The molecule has 1 aromatic rings. The van der Waals surface area contributed by atoms with Crippen LogP contribution in [-0.4, -0.2) is 64.0 Å². The lowest BCUT2D eigenvalue weighted by molar-refractivity contribution is -0.132. The van der Waals surface area contributed by atoms with Crippen molar-refractivity contribution in [3.63, 3.8) is 0 Å². The zero-order chi connectivity index (χ0) is 30.3. The second-order valence-electron chi connectivity index (χ2n) is 13.4. The molecule has 1 unspecified atom stereocenters. The monoisotopic (exact) mass is 586 g/mol. The second kappa shape index (κ2) is 11.6. The van der Waals surface area contributed by atoms with Crippen molar-refractivity contribution in [2.24, 2.45) is 28.2 Å². The van der Waals surface area contributed by atoms with Gasteiger partial charge in [0.05, 0.1) is 6.20 Å². The molecule has 3 aliphatic rings. The Hall–Kier alpha value is -3.14. The van der Waals surface area contributed by atoms with E-state index in [4.69, 9.17) is 16.3 Å². The summed E-state index contributed by atoms with van der Waals surface area (Å²) in [5, 5.41) is 10.7. The van der Waals surface area contributed by atoms with Gasteiger partial charge in [-0.15, -0.1) is 0 Å². The van der Waals surface area contributed by atoms with Crippen LogP contribution in [0.15, 0.2) is 28.1 Å². The van der Waals surface area contributed by atoms with Gasteiger partial charge in [0.15, 0.2) is 0 Å². The number of amides is 3. The number of nitrogens with zero attached hydrogens (tertiary/aromatic N) is 4. The molecule has 1 aliphatic carbocycles. The zero-order valence-electron chi connectivity index (χ0n) is 25.2. The van der Waals surface area contributed by atoms with Crippen molar-refractivity contribution in [3.05, 3.63) is 34.4 Å². The summed E-state index contributed by atoms with van der Waals surface area (Å²) in [6, 6.07) is -0.690. The lowest BCUT2D eigenvalue weighted by atomic mass is 9.89. The summed E-state index contributed by atoms with van der Waals surface area (Å²) < 4.78 is 7.28. The number of carbonyl (C=O) groups excluding carboxylic acids is 3. The summed E-state index contributed by atoms with van der Waals surface area (Å²) >= 11 is 6.52. The van der Waals surface area contributed by atoms with E-state index in [1.807, 2.05) is 17.8 Å². The highest BCUT2D eigenvalue weighted by molar-refractivity contribution is 6.32. The minimum atomic E-state index is -0.690. The van der Waals surface area contributed by atoms with Crippen LogP contribution in [0.4, 0.5) is 4.79 Å². The third kappa shape index (κ3) is 7.20. The summed E-state index contributed by atoms with van der Waals surface area (Å²) in [5.41, 5.74) is 2.30. The number of allylic oxidation sites excluding steroid dienone is 3. The number of hydrogen-bond donors (Lipinski definition) is 2. The molecular weight excluding hydrogens is 544 g/mol. The van der Waals surface area contributed by atoms with Crippen LogP contribution < -0.4 is 10.6 Å². The van der Waals surface area contributed by atoms with E-state index in [1.165, 1.54) is 0 Å². The first kappa shape index (κ1) is 30.8. The van der Waals surface area contributed by atoms with Crippen molar-refractivity contribution in [1.82, 2.24) is 25.3 Å². The summed E-state index contributed by atoms with van der Waals surface area (Å²) in [4.78, 5) is 44.2. The van der Waals surface area contributed by atoms with Crippen LogP contribution in [0.2, 0.25) is 0 Å². The predicted octanol–water partition coefficient (Wildman–Crippen LogP) is 4.49. The number of aromatic nitrogens is 2. The van der Waals surface area contributed by atoms with E-state index in [1.54, 1.807) is 38.7 Å². The molecular formula is C30H43ClN6O4. The quantitative estimate of drug-likeness (QED) is 0.360. The van der Waals surface area contributed by atoms with Crippen LogP contribution in [0.25, 0.3) is 5.57 Å². The number of alkyl carbamates (subject to hydrolysis) is 1. The van der Waals surface area contributed by atoms with Crippen molar-refractivity contribution in [2.75, 3.05) is 13.1 Å². The number of halogens is 1. The normalized spacial score (nSPS) is 24.7. The van der Waals surface area contributed by atoms with Crippen LogP contribution >= 0.6 is 11.6 Å². The number of ether oxygens (including phenoxy) is 1. The van der Waals surface area contributed by atoms with E-state index in [0.717, 1.165) is 29.8 Å². The second-order valence-corrected chi connectivity index (χ2v) is 14.0. The van der Waals surface area contributed by atoms with Crippen LogP contribution in [0, 0.1) is 23.2 Å². The summed E-state index contributed by atoms with van der Waals surface area (Å²) in [6.45, 7) is 18.9. The molecule has 2 fully saturated rings. The molecule has 10 nitrogen and oxygen atoms in total. The van der Waals surface area contributed by atoms with E-state index < -0.39 is 17.7 Å². The van der Waals surface area contributed by atoms with Crippen LogP contribution in [0.5, 0.6) is 0 Å². The number of hydrogen-bond acceptors (Lipinski definition) is 6. The van der Waals surface area contributed by atoms with Crippen molar-refractivity contribution in [2.45, 2.75) is 85.9 Å². The predicted molar refractivity (Wildman–Crippen MR) is 159 cm³/mol.